The van der Waals surface area contributed by atoms with Crippen LogP contribution in [0.3, 0.4) is 0 Å². The Balaban J connectivity index is 2.28. The maximum Gasteiger partial charge on any atom is 0.150 e. The quantitative estimate of drug-likeness (QED) is 0.922. The molecule has 2 atom stereocenters. The molecule has 0 spiro atoms. The number of benzene rings is 1. The van der Waals surface area contributed by atoms with Gasteiger partial charge in [0.05, 0.1) is 24.7 Å². The molecule has 0 saturated carbocycles. The summed E-state index contributed by atoms with van der Waals surface area (Å²) in [5.41, 5.74) is 0.548. The summed E-state index contributed by atoms with van der Waals surface area (Å²) < 4.78 is 28.0. The molecular weight excluding hydrogens is 276 g/mol. The lowest BCUT2D eigenvalue weighted by atomic mass is 9.95. The number of aliphatic hydroxyl groups is 1. The molecule has 1 fully saturated rings. The van der Waals surface area contributed by atoms with Crippen LogP contribution in [0.25, 0.3) is 0 Å². The first kappa shape index (κ1) is 13.6. The summed E-state index contributed by atoms with van der Waals surface area (Å²) in [5.74, 6) is 0.389. The number of halogens is 1. The number of rotatable bonds is 3. The van der Waals surface area contributed by atoms with Gasteiger partial charge < -0.3 is 9.84 Å². The molecular formula is C12H15ClO4S. The molecule has 4 nitrogen and oxygen atoms in total. The first-order chi connectivity index (χ1) is 8.43. The lowest BCUT2D eigenvalue weighted by Gasteiger charge is -2.19. The van der Waals surface area contributed by atoms with E-state index in [9.17, 15) is 13.5 Å². The van der Waals surface area contributed by atoms with Gasteiger partial charge >= 0.3 is 0 Å². The SMILES string of the molecule is COc1ccc(Cl)cc1C(O)C1CCS(=O)(=O)C1. The first-order valence-corrected chi connectivity index (χ1v) is 7.85. The summed E-state index contributed by atoms with van der Waals surface area (Å²) in [4.78, 5) is 0. The van der Waals surface area contributed by atoms with Crippen molar-refractivity contribution >= 4 is 21.4 Å². The van der Waals surface area contributed by atoms with Gasteiger partial charge in [-0.05, 0) is 24.6 Å². The number of methoxy groups -OCH3 is 1. The Hall–Kier alpha value is -0.780. The maximum absolute atomic E-state index is 11.4. The minimum absolute atomic E-state index is 0.0177. The van der Waals surface area contributed by atoms with Crippen molar-refractivity contribution in [2.75, 3.05) is 18.6 Å². The van der Waals surface area contributed by atoms with Crippen molar-refractivity contribution in [3.05, 3.63) is 28.8 Å². The Bertz CT molecular complexity index is 541. The molecule has 0 radical (unpaired) electrons. The predicted octanol–water partition coefficient (Wildman–Crippen LogP) is 1.82. The van der Waals surface area contributed by atoms with Crippen molar-refractivity contribution in [2.45, 2.75) is 12.5 Å². The van der Waals surface area contributed by atoms with Crippen LogP contribution in [-0.2, 0) is 9.84 Å². The van der Waals surface area contributed by atoms with Gasteiger partial charge in [0, 0.05) is 16.5 Å². The summed E-state index contributed by atoms with van der Waals surface area (Å²) in [6.45, 7) is 0. The van der Waals surface area contributed by atoms with Crippen LogP contribution in [0.5, 0.6) is 5.75 Å². The highest BCUT2D eigenvalue weighted by atomic mass is 35.5. The van der Waals surface area contributed by atoms with E-state index in [4.69, 9.17) is 16.3 Å². The van der Waals surface area contributed by atoms with Gasteiger partial charge in [-0.2, -0.15) is 0 Å². The molecule has 6 heteroatoms. The molecule has 1 aromatic rings. The van der Waals surface area contributed by atoms with Gasteiger partial charge in [-0.3, -0.25) is 0 Å². The highest BCUT2D eigenvalue weighted by Gasteiger charge is 2.34. The van der Waals surface area contributed by atoms with Gasteiger partial charge in [0.1, 0.15) is 5.75 Å². The van der Waals surface area contributed by atoms with E-state index >= 15 is 0 Å². The molecule has 0 aromatic heterocycles. The smallest absolute Gasteiger partial charge is 0.150 e. The zero-order valence-electron chi connectivity index (χ0n) is 9.97. The van der Waals surface area contributed by atoms with E-state index < -0.39 is 15.9 Å². The van der Waals surface area contributed by atoms with E-state index in [1.165, 1.54) is 7.11 Å². The molecule has 1 aromatic carbocycles. The Morgan fingerprint density at radius 2 is 2.22 bits per heavy atom. The standard InChI is InChI=1S/C12H15ClO4S/c1-17-11-3-2-9(13)6-10(11)12(14)8-4-5-18(15,16)7-8/h2-3,6,8,12,14H,4-5,7H2,1H3. The van der Waals surface area contributed by atoms with Crippen LogP contribution in [0.4, 0.5) is 0 Å². The van der Waals surface area contributed by atoms with E-state index in [2.05, 4.69) is 0 Å². The zero-order valence-corrected chi connectivity index (χ0v) is 11.5. The van der Waals surface area contributed by atoms with Gasteiger partial charge in [-0.25, -0.2) is 8.42 Å². The van der Waals surface area contributed by atoms with E-state index in [0.717, 1.165) is 0 Å². The van der Waals surface area contributed by atoms with Crippen LogP contribution in [0.2, 0.25) is 5.02 Å². The van der Waals surface area contributed by atoms with Crippen LogP contribution < -0.4 is 4.74 Å². The largest absolute Gasteiger partial charge is 0.496 e. The Labute approximate surface area is 111 Å². The summed E-state index contributed by atoms with van der Waals surface area (Å²) in [6, 6.07) is 4.96. The number of hydrogen-bond donors (Lipinski definition) is 1. The third-order valence-corrected chi connectivity index (χ3v) is 5.25. The van der Waals surface area contributed by atoms with Gasteiger partial charge in [-0.15, -0.1) is 0 Å². The molecule has 18 heavy (non-hydrogen) atoms. The summed E-state index contributed by atoms with van der Waals surface area (Å²) in [7, 11) is -1.51. The number of sulfone groups is 1. The first-order valence-electron chi connectivity index (χ1n) is 5.65. The fourth-order valence-electron chi connectivity index (χ4n) is 2.26. The number of ether oxygens (including phenoxy) is 1. The predicted molar refractivity (Wildman–Crippen MR) is 69.7 cm³/mol. The van der Waals surface area contributed by atoms with Crippen molar-refractivity contribution in [2.24, 2.45) is 5.92 Å². The molecule has 2 unspecified atom stereocenters. The van der Waals surface area contributed by atoms with E-state index in [0.29, 0.717) is 22.8 Å². The van der Waals surface area contributed by atoms with E-state index in [-0.39, 0.29) is 17.4 Å². The molecule has 0 aliphatic carbocycles. The Morgan fingerprint density at radius 3 is 2.78 bits per heavy atom. The molecule has 1 aliphatic rings. The fraction of sp³-hybridized carbons (Fsp3) is 0.500. The van der Waals surface area contributed by atoms with Crippen LogP contribution in [0.15, 0.2) is 18.2 Å². The minimum Gasteiger partial charge on any atom is -0.496 e. The topological polar surface area (TPSA) is 63.6 Å². The van der Waals surface area contributed by atoms with E-state index in [1.54, 1.807) is 18.2 Å². The molecule has 100 valence electrons. The van der Waals surface area contributed by atoms with Gasteiger partial charge in [-0.1, -0.05) is 11.6 Å². The molecule has 1 saturated heterocycles. The molecule has 1 aliphatic heterocycles. The number of hydrogen-bond acceptors (Lipinski definition) is 4. The minimum atomic E-state index is -3.01. The number of aliphatic hydroxyl groups excluding tert-OH is 1. The average molecular weight is 291 g/mol. The van der Waals surface area contributed by atoms with Crippen molar-refractivity contribution in [3.8, 4) is 5.75 Å². The van der Waals surface area contributed by atoms with Gasteiger partial charge in [0.15, 0.2) is 9.84 Å². The van der Waals surface area contributed by atoms with Gasteiger partial charge in [0.25, 0.3) is 0 Å². The van der Waals surface area contributed by atoms with Crippen LogP contribution in [0.1, 0.15) is 18.1 Å². The van der Waals surface area contributed by atoms with Crippen LogP contribution >= 0.6 is 11.6 Å². The van der Waals surface area contributed by atoms with Crippen molar-refractivity contribution in [3.63, 3.8) is 0 Å². The second-order valence-electron chi connectivity index (χ2n) is 4.49. The summed E-state index contributed by atoms with van der Waals surface area (Å²) >= 11 is 5.90. The monoisotopic (exact) mass is 290 g/mol. The van der Waals surface area contributed by atoms with Gasteiger partial charge in [0.2, 0.25) is 0 Å². The lowest BCUT2D eigenvalue weighted by Crippen LogP contribution is -2.15. The summed E-state index contributed by atoms with van der Waals surface area (Å²) in [6.07, 6.45) is -0.393. The van der Waals surface area contributed by atoms with Crippen LogP contribution in [-0.4, -0.2) is 32.1 Å². The lowest BCUT2D eigenvalue weighted by molar-refractivity contribution is 0.118. The third-order valence-electron chi connectivity index (χ3n) is 3.22. The average Bonchev–Trinajstić information content (AvgIpc) is 2.68. The molecule has 0 amide bonds. The second-order valence-corrected chi connectivity index (χ2v) is 7.16. The highest BCUT2D eigenvalue weighted by Crippen LogP contribution is 2.36. The Morgan fingerprint density at radius 1 is 1.50 bits per heavy atom. The molecule has 1 N–H and O–H groups in total. The fourth-order valence-corrected chi connectivity index (χ4v) is 4.27. The summed E-state index contributed by atoms with van der Waals surface area (Å²) in [5, 5.41) is 10.8. The van der Waals surface area contributed by atoms with Crippen LogP contribution in [0, 0.1) is 5.92 Å². The highest BCUT2D eigenvalue weighted by molar-refractivity contribution is 7.91. The van der Waals surface area contributed by atoms with Crippen molar-refractivity contribution in [1.29, 1.82) is 0 Å². The van der Waals surface area contributed by atoms with E-state index in [1.807, 2.05) is 0 Å². The zero-order chi connectivity index (χ0) is 13.3. The second kappa shape index (κ2) is 5.07. The normalized spacial score (nSPS) is 23.8. The molecule has 2 rings (SSSR count). The van der Waals surface area contributed by atoms with Crippen molar-refractivity contribution in [1.82, 2.24) is 0 Å². The third kappa shape index (κ3) is 2.79. The Kier molecular flexibility index (Phi) is 3.84. The molecule has 1 heterocycles. The maximum atomic E-state index is 11.4. The molecule has 0 bridgehead atoms. The van der Waals surface area contributed by atoms with Crippen molar-refractivity contribution < 1.29 is 18.3 Å².